The number of fused-ring (bicyclic) bond motifs is 4. The zero-order valence-electron chi connectivity index (χ0n) is 19.8. The minimum Gasteiger partial charge on any atom is -0.361 e. The number of aliphatic imine (C=N–C) groups is 1. The SMILES string of the molecule is C=N/C(C)=C\C(=C/C)c1nc(-c2ccccc2)c2c(n1)[C@]1(C)Cc3cnoc3[C@H](C)[C@H]1CC2. The van der Waals surface area contributed by atoms with Crippen molar-refractivity contribution < 1.29 is 4.52 Å². The van der Waals surface area contributed by atoms with E-state index in [9.17, 15) is 0 Å². The highest BCUT2D eigenvalue weighted by atomic mass is 16.5. The maximum atomic E-state index is 5.66. The van der Waals surface area contributed by atoms with Gasteiger partial charge in [-0.05, 0) is 51.8 Å². The van der Waals surface area contributed by atoms with Gasteiger partial charge in [-0.3, -0.25) is 4.99 Å². The monoisotopic (exact) mass is 438 g/mol. The van der Waals surface area contributed by atoms with Crippen LogP contribution in [-0.2, 0) is 18.3 Å². The van der Waals surface area contributed by atoms with Gasteiger partial charge in [-0.15, -0.1) is 0 Å². The first-order valence-corrected chi connectivity index (χ1v) is 11.7. The molecule has 0 spiro atoms. The Labute approximate surface area is 195 Å². The Hall–Kier alpha value is -3.34. The molecule has 3 atom stereocenters. The van der Waals surface area contributed by atoms with E-state index in [-0.39, 0.29) is 5.41 Å². The van der Waals surface area contributed by atoms with E-state index < -0.39 is 0 Å². The van der Waals surface area contributed by atoms with Crippen molar-refractivity contribution >= 4 is 12.3 Å². The van der Waals surface area contributed by atoms with Crippen LogP contribution < -0.4 is 0 Å². The van der Waals surface area contributed by atoms with Gasteiger partial charge in [0.25, 0.3) is 0 Å². The van der Waals surface area contributed by atoms with E-state index >= 15 is 0 Å². The number of rotatable bonds is 4. The van der Waals surface area contributed by atoms with E-state index in [0.717, 1.165) is 53.4 Å². The molecule has 0 saturated heterocycles. The van der Waals surface area contributed by atoms with Crippen LogP contribution in [0.5, 0.6) is 0 Å². The molecule has 2 aliphatic rings. The summed E-state index contributed by atoms with van der Waals surface area (Å²) in [4.78, 5) is 14.5. The number of allylic oxidation sites excluding steroid dienone is 4. The van der Waals surface area contributed by atoms with E-state index in [1.165, 1.54) is 16.8 Å². The van der Waals surface area contributed by atoms with Crippen LogP contribution in [0.25, 0.3) is 16.8 Å². The largest absolute Gasteiger partial charge is 0.361 e. The van der Waals surface area contributed by atoms with Gasteiger partial charge in [-0.25, -0.2) is 9.97 Å². The van der Waals surface area contributed by atoms with Crippen LogP contribution in [0.1, 0.15) is 68.4 Å². The molecule has 2 aromatic heterocycles. The fraction of sp³-hybridized carbons (Fsp3) is 0.357. The van der Waals surface area contributed by atoms with Gasteiger partial charge in [0.05, 0.1) is 17.6 Å². The molecule has 0 bridgehead atoms. The standard InChI is InChI=1S/C28H30N4O/c1-6-19(14-17(2)29-5)27-31-24(20-10-8-7-9-11-20)22-12-13-23-18(3)25-21(16-30-33-25)15-28(23,4)26(22)32-27/h6-11,14,16,18,23H,5,12-13,15H2,1-4H3/b17-14-,19-6+/t18-,23-,28-/m1/s1. The van der Waals surface area contributed by atoms with Gasteiger partial charge in [0, 0.05) is 39.3 Å². The van der Waals surface area contributed by atoms with Gasteiger partial charge in [0.1, 0.15) is 5.76 Å². The highest BCUT2D eigenvalue weighted by Gasteiger charge is 2.50. The highest BCUT2D eigenvalue weighted by Crippen LogP contribution is 2.54. The van der Waals surface area contributed by atoms with Gasteiger partial charge in [-0.1, -0.05) is 55.4 Å². The van der Waals surface area contributed by atoms with Crippen LogP contribution in [0.15, 0.2) is 63.9 Å². The number of nitrogens with zero attached hydrogens (tertiary/aromatic N) is 4. The second kappa shape index (κ2) is 8.22. The number of hydrogen-bond acceptors (Lipinski definition) is 5. The average molecular weight is 439 g/mol. The van der Waals surface area contributed by atoms with Crippen molar-refractivity contribution in [3.05, 3.63) is 82.8 Å². The van der Waals surface area contributed by atoms with Crippen LogP contribution in [-0.4, -0.2) is 21.8 Å². The Morgan fingerprint density at radius 2 is 2.03 bits per heavy atom. The second-order valence-corrected chi connectivity index (χ2v) is 9.52. The van der Waals surface area contributed by atoms with Gasteiger partial charge in [0.2, 0.25) is 0 Å². The molecule has 0 aliphatic heterocycles. The molecule has 2 heterocycles. The summed E-state index contributed by atoms with van der Waals surface area (Å²) < 4.78 is 5.66. The smallest absolute Gasteiger partial charge is 0.159 e. The van der Waals surface area contributed by atoms with Crippen LogP contribution in [0.4, 0.5) is 0 Å². The zero-order chi connectivity index (χ0) is 23.2. The zero-order valence-corrected chi connectivity index (χ0v) is 19.8. The normalized spacial score (nSPS) is 24.6. The maximum Gasteiger partial charge on any atom is 0.159 e. The summed E-state index contributed by atoms with van der Waals surface area (Å²) in [6, 6.07) is 10.5. The van der Waals surface area contributed by atoms with Crippen LogP contribution >= 0.6 is 0 Å². The van der Waals surface area contributed by atoms with E-state index in [4.69, 9.17) is 14.5 Å². The van der Waals surface area contributed by atoms with Crippen molar-refractivity contribution in [3.8, 4) is 11.3 Å². The molecule has 5 heteroatoms. The molecule has 0 amide bonds. The van der Waals surface area contributed by atoms with Crippen molar-refractivity contribution in [2.75, 3.05) is 0 Å². The van der Waals surface area contributed by atoms with E-state index in [1.807, 2.05) is 32.2 Å². The Bertz CT molecular complexity index is 1270. The van der Waals surface area contributed by atoms with E-state index in [2.05, 4.69) is 61.1 Å². The average Bonchev–Trinajstić information content (AvgIpc) is 3.30. The molecular formula is C28H30N4O. The van der Waals surface area contributed by atoms with Crippen molar-refractivity contribution in [2.45, 2.75) is 58.3 Å². The third kappa shape index (κ3) is 3.47. The quantitative estimate of drug-likeness (QED) is 0.353. The molecule has 5 nitrogen and oxygen atoms in total. The molecule has 33 heavy (non-hydrogen) atoms. The summed E-state index contributed by atoms with van der Waals surface area (Å²) in [5.74, 6) is 2.53. The van der Waals surface area contributed by atoms with Crippen molar-refractivity contribution in [2.24, 2.45) is 10.9 Å². The minimum absolute atomic E-state index is 0.110. The van der Waals surface area contributed by atoms with Gasteiger partial charge in [0.15, 0.2) is 5.82 Å². The molecule has 168 valence electrons. The van der Waals surface area contributed by atoms with E-state index in [1.54, 1.807) is 0 Å². The molecule has 2 aliphatic carbocycles. The lowest BCUT2D eigenvalue weighted by Crippen LogP contribution is -2.45. The lowest BCUT2D eigenvalue weighted by Gasteiger charge is -2.47. The molecule has 0 fully saturated rings. The molecule has 1 aromatic carbocycles. The minimum atomic E-state index is -0.110. The summed E-state index contributed by atoms with van der Waals surface area (Å²) in [7, 11) is 0. The first-order valence-electron chi connectivity index (χ1n) is 11.7. The number of aromatic nitrogens is 3. The highest BCUT2D eigenvalue weighted by molar-refractivity contribution is 5.74. The van der Waals surface area contributed by atoms with Gasteiger partial charge >= 0.3 is 0 Å². The van der Waals surface area contributed by atoms with E-state index in [0.29, 0.717) is 11.8 Å². The lowest BCUT2D eigenvalue weighted by atomic mass is 9.56. The van der Waals surface area contributed by atoms with Crippen molar-refractivity contribution in [1.82, 2.24) is 15.1 Å². The topological polar surface area (TPSA) is 64.2 Å². The second-order valence-electron chi connectivity index (χ2n) is 9.52. The summed E-state index contributed by atoms with van der Waals surface area (Å²) in [6.45, 7) is 12.3. The molecule has 0 saturated carbocycles. The van der Waals surface area contributed by atoms with Crippen LogP contribution in [0.3, 0.4) is 0 Å². The molecule has 5 rings (SSSR count). The predicted molar refractivity (Wildman–Crippen MR) is 132 cm³/mol. The summed E-state index contributed by atoms with van der Waals surface area (Å²) in [5.41, 5.74) is 7.50. The molecular weight excluding hydrogens is 408 g/mol. The fourth-order valence-corrected chi connectivity index (χ4v) is 5.87. The molecule has 3 aromatic rings. The van der Waals surface area contributed by atoms with Crippen molar-refractivity contribution in [1.29, 1.82) is 0 Å². The Balaban J connectivity index is 1.76. The molecule has 0 N–H and O–H groups in total. The Morgan fingerprint density at radius 3 is 2.76 bits per heavy atom. The predicted octanol–water partition coefficient (Wildman–Crippen LogP) is 6.32. The molecule has 0 unspecified atom stereocenters. The number of hydrogen-bond donors (Lipinski definition) is 0. The summed E-state index contributed by atoms with van der Waals surface area (Å²) in [6.07, 6.45) is 8.88. The first-order chi connectivity index (χ1) is 16.0. The Kier molecular flexibility index (Phi) is 5.35. The summed E-state index contributed by atoms with van der Waals surface area (Å²) >= 11 is 0. The van der Waals surface area contributed by atoms with Crippen molar-refractivity contribution in [3.63, 3.8) is 0 Å². The third-order valence-electron chi connectivity index (χ3n) is 7.55. The number of benzene rings is 1. The van der Waals surface area contributed by atoms with Crippen LogP contribution in [0.2, 0.25) is 0 Å². The first kappa shape index (κ1) is 21.5. The molecule has 0 radical (unpaired) electrons. The maximum absolute atomic E-state index is 5.66. The third-order valence-corrected chi connectivity index (χ3v) is 7.55. The fourth-order valence-electron chi connectivity index (χ4n) is 5.87. The summed E-state index contributed by atoms with van der Waals surface area (Å²) in [5, 5.41) is 4.12. The van der Waals surface area contributed by atoms with Gasteiger partial charge < -0.3 is 4.52 Å². The Morgan fingerprint density at radius 1 is 1.24 bits per heavy atom. The van der Waals surface area contributed by atoms with Gasteiger partial charge in [-0.2, -0.15) is 0 Å². The lowest BCUT2D eigenvalue weighted by molar-refractivity contribution is 0.171. The van der Waals surface area contributed by atoms with Crippen LogP contribution in [0, 0.1) is 5.92 Å².